The van der Waals surface area contributed by atoms with Gasteiger partial charge in [-0.25, -0.2) is 0 Å². The molecule has 0 bridgehead atoms. The summed E-state index contributed by atoms with van der Waals surface area (Å²) in [6.45, 7) is 7.31. The molecule has 2 N–H and O–H groups in total. The second-order valence-corrected chi connectivity index (χ2v) is 9.59. The Morgan fingerprint density at radius 2 is 1.63 bits per heavy atom. The average Bonchev–Trinajstić information content (AvgIpc) is 3.17. The molecule has 1 atom stereocenters. The molecular weight excluding hydrogens is 462 g/mol. The summed E-state index contributed by atoms with van der Waals surface area (Å²) in [4.78, 5) is 0.480. The largest absolute Gasteiger partial charge is 0.568 e. The van der Waals surface area contributed by atoms with Crippen molar-refractivity contribution in [3.05, 3.63) is 82.9 Å². The Morgan fingerprint density at radius 3 is 2.26 bits per heavy atom. The molecule has 4 rings (SSSR count). The Hall–Kier alpha value is -3.39. The van der Waals surface area contributed by atoms with Crippen LogP contribution in [0, 0.1) is 20.8 Å². The first kappa shape index (κ1) is 24.7. The van der Waals surface area contributed by atoms with Crippen molar-refractivity contribution in [2.45, 2.75) is 33.8 Å². The summed E-state index contributed by atoms with van der Waals surface area (Å²) < 4.78 is 27.4. The predicted molar refractivity (Wildman–Crippen MR) is 138 cm³/mol. The van der Waals surface area contributed by atoms with Crippen molar-refractivity contribution < 1.29 is 24.2 Å². The van der Waals surface area contributed by atoms with Gasteiger partial charge in [0.05, 0.1) is 23.6 Å². The fourth-order valence-corrected chi connectivity index (χ4v) is 5.05. The van der Waals surface area contributed by atoms with E-state index in [9.17, 15) is 9.66 Å². The van der Waals surface area contributed by atoms with Gasteiger partial charge in [0.15, 0.2) is 0 Å². The highest BCUT2D eigenvalue weighted by atomic mass is 32.2. The number of hydrogen-bond acceptors (Lipinski definition) is 6. The highest BCUT2D eigenvalue weighted by Crippen LogP contribution is 2.36. The number of aliphatic hydroxyl groups is 1. The molecule has 3 aromatic carbocycles. The molecule has 0 saturated carbocycles. The second kappa shape index (κ2) is 10.9. The van der Waals surface area contributed by atoms with Gasteiger partial charge >= 0.3 is 0 Å². The average molecular weight is 492 g/mol. The van der Waals surface area contributed by atoms with Gasteiger partial charge in [-0.3, -0.25) is 0 Å². The topological polar surface area (TPSA) is 94.9 Å². The summed E-state index contributed by atoms with van der Waals surface area (Å²) in [5.41, 5.74) is 7.59. The minimum atomic E-state index is -1.57. The number of aliphatic hydroxyl groups excluding tert-OH is 1. The second-order valence-electron chi connectivity index (χ2n) is 8.47. The molecule has 0 fully saturated rings. The molecule has 0 spiro atoms. The van der Waals surface area contributed by atoms with Crippen LogP contribution in [-0.2, 0) is 6.61 Å². The molecule has 0 radical (unpaired) electrons. The van der Waals surface area contributed by atoms with E-state index in [1.54, 1.807) is 0 Å². The van der Waals surface area contributed by atoms with Crippen molar-refractivity contribution in [1.29, 1.82) is 0 Å². The molecule has 0 aliphatic carbocycles. The molecule has 35 heavy (non-hydrogen) atoms. The molecule has 1 heterocycles. The highest BCUT2D eigenvalue weighted by molar-refractivity contribution is 7.23. The lowest BCUT2D eigenvalue weighted by Gasteiger charge is -2.18. The first-order valence-electron chi connectivity index (χ1n) is 11.5. The minimum Gasteiger partial charge on any atom is -0.568 e. The van der Waals surface area contributed by atoms with E-state index in [1.165, 1.54) is 11.6 Å². The summed E-state index contributed by atoms with van der Waals surface area (Å²) >= 11 is 0. The normalized spacial score (nSPS) is 11.5. The van der Waals surface area contributed by atoms with E-state index >= 15 is 0 Å². The smallest absolute Gasteiger partial charge is 0.270 e. The Kier molecular flexibility index (Phi) is 7.70. The van der Waals surface area contributed by atoms with E-state index in [2.05, 4.69) is 37.3 Å². The van der Waals surface area contributed by atoms with E-state index in [0.29, 0.717) is 30.3 Å². The van der Waals surface area contributed by atoms with Crippen molar-refractivity contribution in [2.24, 2.45) is 0 Å². The zero-order valence-electron chi connectivity index (χ0n) is 20.1. The van der Waals surface area contributed by atoms with Crippen LogP contribution in [0.15, 0.2) is 60.7 Å². The molecule has 1 aromatic heterocycles. The Labute approximate surface area is 208 Å². The summed E-state index contributed by atoms with van der Waals surface area (Å²) in [7, 11) is -1.57. The van der Waals surface area contributed by atoms with Crippen molar-refractivity contribution in [1.82, 2.24) is 4.37 Å². The molecule has 0 aliphatic rings. The lowest BCUT2D eigenvalue weighted by Crippen LogP contribution is -2.02. The van der Waals surface area contributed by atoms with E-state index in [1.807, 2.05) is 42.5 Å². The standard InChI is InChI=1S/C28H29NO5S/c1-18-14-24(33-13-5-12-30)15-19(2)28(18)25-7-4-6-22(20(25)3)17-34-23-10-8-21(9-11-23)26-16-27(31)29-35(26)32/h4,6-11,14-16,30H,5,12-13,17H2,1-3H3,(H,29,31). The molecule has 0 amide bonds. The molecule has 1 unspecified atom stereocenters. The maximum atomic E-state index is 11.9. The maximum Gasteiger partial charge on any atom is 0.270 e. The van der Waals surface area contributed by atoms with Gasteiger partial charge in [-0.15, -0.1) is 0 Å². The first-order valence-corrected chi connectivity index (χ1v) is 12.6. The number of benzene rings is 3. The van der Waals surface area contributed by atoms with Crippen molar-refractivity contribution in [2.75, 3.05) is 13.2 Å². The third-order valence-corrected chi connectivity index (χ3v) is 7.03. The number of hydrogen-bond donors (Lipinski definition) is 2. The van der Waals surface area contributed by atoms with Crippen LogP contribution in [0.1, 0.15) is 28.7 Å². The van der Waals surface area contributed by atoms with Crippen molar-refractivity contribution in [3.63, 3.8) is 0 Å². The molecular formula is C28H29NO5S. The van der Waals surface area contributed by atoms with Gasteiger partial charge in [-0.2, -0.15) is 0 Å². The number of aryl methyl sites for hydroxylation is 2. The zero-order valence-corrected chi connectivity index (χ0v) is 20.9. The Bertz CT molecular complexity index is 1290. The van der Waals surface area contributed by atoms with Crippen LogP contribution in [-0.4, -0.2) is 32.4 Å². The first-order chi connectivity index (χ1) is 16.9. The zero-order chi connectivity index (χ0) is 24.9. The summed E-state index contributed by atoms with van der Waals surface area (Å²) in [5.74, 6) is 1.30. The molecule has 4 aromatic rings. The van der Waals surface area contributed by atoms with E-state index < -0.39 is 10.9 Å². The van der Waals surface area contributed by atoms with E-state index in [0.717, 1.165) is 39.1 Å². The van der Waals surface area contributed by atoms with Crippen LogP contribution in [0.3, 0.4) is 0 Å². The summed E-state index contributed by atoms with van der Waals surface area (Å²) in [5, 5.41) is 18.4. The molecule has 7 heteroatoms. The number of aromatic nitrogens is 1. The third-order valence-electron chi connectivity index (χ3n) is 5.95. The lowest BCUT2D eigenvalue weighted by molar-refractivity contribution is 0.233. The number of nitrogens with zero attached hydrogens (tertiary/aromatic N) is 1. The van der Waals surface area contributed by atoms with Crippen LogP contribution in [0.5, 0.6) is 17.4 Å². The maximum absolute atomic E-state index is 11.9. The monoisotopic (exact) mass is 491 g/mol. The third kappa shape index (κ3) is 5.65. The predicted octanol–water partition coefficient (Wildman–Crippen LogP) is 6.11. The summed E-state index contributed by atoms with van der Waals surface area (Å²) in [6.07, 6.45) is 0.610. The number of ether oxygens (including phenoxy) is 2. The van der Waals surface area contributed by atoms with Gasteiger partial charge in [0.1, 0.15) is 18.1 Å². The van der Waals surface area contributed by atoms with Gasteiger partial charge in [0, 0.05) is 23.0 Å². The van der Waals surface area contributed by atoms with Crippen LogP contribution in [0.2, 0.25) is 0 Å². The fraction of sp³-hybridized carbons (Fsp3) is 0.250. The summed E-state index contributed by atoms with van der Waals surface area (Å²) in [6, 6.07) is 19.0. The highest BCUT2D eigenvalue weighted by Gasteiger charge is 2.16. The fourth-order valence-electron chi connectivity index (χ4n) is 4.19. The van der Waals surface area contributed by atoms with Crippen LogP contribution < -0.4 is 9.47 Å². The molecule has 6 nitrogen and oxygen atoms in total. The van der Waals surface area contributed by atoms with Crippen LogP contribution in [0.4, 0.5) is 0 Å². The van der Waals surface area contributed by atoms with Crippen molar-refractivity contribution >= 4 is 10.9 Å². The molecule has 0 saturated heterocycles. The molecule has 182 valence electrons. The van der Waals surface area contributed by atoms with Gasteiger partial charge in [0.2, 0.25) is 4.88 Å². The SMILES string of the molecule is Cc1cc(OCCCO)cc(C)c1-c1cccc(COc2ccc(-c3cc(O)n[s+]3[O-])cc2)c1C. The van der Waals surface area contributed by atoms with E-state index in [-0.39, 0.29) is 12.5 Å². The quantitative estimate of drug-likeness (QED) is 0.217. The Balaban J connectivity index is 1.50. The van der Waals surface area contributed by atoms with Crippen LogP contribution >= 0.6 is 10.9 Å². The van der Waals surface area contributed by atoms with Gasteiger partial charge in [-0.05, 0) is 90.6 Å². The number of aromatic hydroxyl groups is 1. The van der Waals surface area contributed by atoms with Gasteiger partial charge in [0.25, 0.3) is 5.88 Å². The molecule has 0 aliphatic heterocycles. The van der Waals surface area contributed by atoms with E-state index in [4.69, 9.17) is 14.6 Å². The van der Waals surface area contributed by atoms with Crippen molar-refractivity contribution in [3.8, 4) is 38.9 Å². The minimum absolute atomic E-state index is 0.118. The Morgan fingerprint density at radius 1 is 0.914 bits per heavy atom. The van der Waals surface area contributed by atoms with Crippen LogP contribution in [0.25, 0.3) is 21.6 Å². The van der Waals surface area contributed by atoms with Gasteiger partial charge < -0.3 is 24.2 Å². The van der Waals surface area contributed by atoms with Gasteiger partial charge in [-0.1, -0.05) is 18.2 Å². The number of rotatable bonds is 9. The lowest BCUT2D eigenvalue weighted by atomic mass is 9.90.